The Balaban J connectivity index is 1.40. The van der Waals surface area contributed by atoms with E-state index in [4.69, 9.17) is 0 Å². The fourth-order valence-electron chi connectivity index (χ4n) is 3.14. The second kappa shape index (κ2) is 5.70. The number of hydrogen-bond acceptors (Lipinski definition) is 2. The van der Waals surface area contributed by atoms with E-state index < -0.39 is 0 Å². The van der Waals surface area contributed by atoms with Gasteiger partial charge < -0.3 is 9.88 Å². The molecule has 0 spiro atoms. The molecule has 18 heavy (non-hydrogen) atoms. The van der Waals surface area contributed by atoms with E-state index in [-0.39, 0.29) is 0 Å². The fourth-order valence-corrected chi connectivity index (χ4v) is 3.14. The van der Waals surface area contributed by atoms with E-state index in [9.17, 15) is 0 Å². The van der Waals surface area contributed by atoms with Crippen molar-refractivity contribution in [2.24, 2.45) is 11.8 Å². The summed E-state index contributed by atoms with van der Waals surface area (Å²) in [7, 11) is 0. The lowest BCUT2D eigenvalue weighted by atomic mass is 9.94. The van der Waals surface area contributed by atoms with Gasteiger partial charge in [-0.05, 0) is 50.6 Å². The lowest BCUT2D eigenvalue weighted by Crippen LogP contribution is -2.33. The molecule has 1 aliphatic carbocycles. The van der Waals surface area contributed by atoms with Crippen molar-refractivity contribution in [2.75, 3.05) is 13.1 Å². The monoisotopic (exact) mass is 245 g/mol. The molecule has 0 amide bonds. The zero-order valence-corrected chi connectivity index (χ0v) is 11.0. The highest BCUT2D eigenvalue weighted by molar-refractivity contribution is 4.97. The Morgan fingerprint density at radius 1 is 1.22 bits per heavy atom. The molecule has 0 saturated heterocycles. The van der Waals surface area contributed by atoms with Gasteiger partial charge in [-0.1, -0.05) is 12.2 Å². The van der Waals surface area contributed by atoms with Gasteiger partial charge in [-0.2, -0.15) is 0 Å². The van der Waals surface area contributed by atoms with Crippen LogP contribution in [0.2, 0.25) is 0 Å². The molecule has 0 radical (unpaired) electrons. The minimum atomic E-state index is 0.783. The number of nitrogens with zero attached hydrogens (tertiary/aromatic N) is 2. The van der Waals surface area contributed by atoms with Gasteiger partial charge in [0.25, 0.3) is 0 Å². The summed E-state index contributed by atoms with van der Waals surface area (Å²) in [6.07, 6.45) is 15.0. The zero-order chi connectivity index (χ0) is 12.2. The van der Waals surface area contributed by atoms with E-state index in [1.165, 1.54) is 38.1 Å². The van der Waals surface area contributed by atoms with E-state index in [1.54, 1.807) is 0 Å². The predicted octanol–water partition coefficient (Wildman–Crippen LogP) is 2.39. The summed E-state index contributed by atoms with van der Waals surface area (Å²) in [5, 5.41) is 3.68. The number of fused-ring (bicyclic) bond motifs is 1. The molecule has 0 bridgehead atoms. The molecule has 3 rings (SSSR count). The molecule has 1 aromatic rings. The van der Waals surface area contributed by atoms with E-state index in [0.29, 0.717) is 0 Å². The highest BCUT2D eigenvalue weighted by Crippen LogP contribution is 2.19. The predicted molar refractivity (Wildman–Crippen MR) is 73.4 cm³/mol. The molecule has 1 aromatic heterocycles. The first-order chi connectivity index (χ1) is 8.92. The largest absolute Gasteiger partial charge is 0.335 e. The van der Waals surface area contributed by atoms with E-state index >= 15 is 0 Å². The first-order valence-electron chi connectivity index (χ1n) is 7.27. The van der Waals surface area contributed by atoms with Crippen LogP contribution in [-0.2, 0) is 13.0 Å². The van der Waals surface area contributed by atoms with Crippen molar-refractivity contribution < 1.29 is 0 Å². The summed E-state index contributed by atoms with van der Waals surface area (Å²) < 4.78 is 2.32. The minimum absolute atomic E-state index is 0.783. The summed E-state index contributed by atoms with van der Waals surface area (Å²) in [5.41, 5.74) is 0. The van der Waals surface area contributed by atoms with Gasteiger partial charge in [0.05, 0.1) is 0 Å². The second-order valence-electron chi connectivity index (χ2n) is 5.71. The Bertz CT molecular complexity index is 408. The molecular formula is C15H23N3. The maximum atomic E-state index is 4.38. The van der Waals surface area contributed by atoms with Crippen LogP contribution in [0.1, 0.15) is 31.5 Å². The van der Waals surface area contributed by atoms with E-state index in [1.807, 2.05) is 6.20 Å². The average molecular weight is 245 g/mol. The third kappa shape index (κ3) is 2.83. The summed E-state index contributed by atoms with van der Waals surface area (Å²) >= 11 is 0. The lowest BCUT2D eigenvalue weighted by Gasteiger charge is -2.25. The quantitative estimate of drug-likeness (QED) is 0.825. The van der Waals surface area contributed by atoms with Crippen molar-refractivity contribution >= 4 is 0 Å². The van der Waals surface area contributed by atoms with Gasteiger partial charge in [-0.3, -0.25) is 0 Å². The molecule has 0 unspecified atom stereocenters. The van der Waals surface area contributed by atoms with Crippen LogP contribution in [0.3, 0.4) is 0 Å². The smallest absolute Gasteiger partial charge is 0.108 e. The SMILES string of the molecule is C1=CC[C@H](CNC[C@@H]2CCc3nccn3C2)CC1. The fraction of sp³-hybridized carbons (Fsp3) is 0.667. The van der Waals surface area contributed by atoms with Gasteiger partial charge in [0.1, 0.15) is 5.82 Å². The van der Waals surface area contributed by atoms with Crippen molar-refractivity contribution in [1.82, 2.24) is 14.9 Å². The van der Waals surface area contributed by atoms with E-state index in [2.05, 4.69) is 33.2 Å². The highest BCUT2D eigenvalue weighted by atomic mass is 15.1. The standard InChI is InChI=1S/C15H23N3/c1-2-4-13(5-3-1)10-16-11-14-6-7-15-17-8-9-18(15)12-14/h1-2,8-9,13-14,16H,3-7,10-12H2/t13-,14-/m0/s1. The summed E-state index contributed by atoms with van der Waals surface area (Å²) in [6.45, 7) is 3.50. The van der Waals surface area contributed by atoms with Crippen LogP contribution >= 0.6 is 0 Å². The molecule has 0 aromatic carbocycles. The van der Waals surface area contributed by atoms with Crippen LogP contribution in [0.15, 0.2) is 24.5 Å². The van der Waals surface area contributed by atoms with Crippen LogP contribution in [0.5, 0.6) is 0 Å². The molecule has 3 nitrogen and oxygen atoms in total. The number of hydrogen-bond donors (Lipinski definition) is 1. The number of allylic oxidation sites excluding steroid dienone is 2. The molecule has 0 fully saturated rings. The molecular weight excluding hydrogens is 222 g/mol. The van der Waals surface area contributed by atoms with Crippen LogP contribution in [-0.4, -0.2) is 22.6 Å². The van der Waals surface area contributed by atoms with Gasteiger partial charge in [0.15, 0.2) is 0 Å². The van der Waals surface area contributed by atoms with Crippen LogP contribution in [0.4, 0.5) is 0 Å². The van der Waals surface area contributed by atoms with Gasteiger partial charge >= 0.3 is 0 Å². The Hall–Kier alpha value is -1.09. The minimum Gasteiger partial charge on any atom is -0.335 e. The van der Waals surface area contributed by atoms with Crippen LogP contribution in [0.25, 0.3) is 0 Å². The average Bonchev–Trinajstić information content (AvgIpc) is 2.87. The van der Waals surface area contributed by atoms with Crippen molar-refractivity contribution in [2.45, 2.75) is 38.6 Å². The highest BCUT2D eigenvalue weighted by Gasteiger charge is 2.18. The number of aryl methyl sites for hydroxylation is 1. The lowest BCUT2D eigenvalue weighted by molar-refractivity contribution is 0.332. The molecule has 1 N–H and O–H groups in total. The van der Waals surface area contributed by atoms with Gasteiger partial charge in [-0.15, -0.1) is 0 Å². The second-order valence-corrected chi connectivity index (χ2v) is 5.71. The first kappa shape index (κ1) is 12.0. The van der Waals surface area contributed by atoms with Crippen LogP contribution < -0.4 is 5.32 Å². The Morgan fingerprint density at radius 2 is 2.17 bits per heavy atom. The third-order valence-corrected chi connectivity index (χ3v) is 4.28. The molecule has 98 valence electrons. The third-order valence-electron chi connectivity index (χ3n) is 4.28. The van der Waals surface area contributed by atoms with Gasteiger partial charge in [0, 0.05) is 25.4 Å². The molecule has 1 aliphatic heterocycles. The Labute approximate surface area is 109 Å². The molecule has 0 saturated carbocycles. The summed E-state index contributed by atoms with van der Waals surface area (Å²) in [6, 6.07) is 0. The van der Waals surface area contributed by atoms with Crippen molar-refractivity contribution in [3.8, 4) is 0 Å². The molecule has 2 heterocycles. The zero-order valence-electron chi connectivity index (χ0n) is 11.0. The number of nitrogens with one attached hydrogen (secondary N) is 1. The van der Waals surface area contributed by atoms with E-state index in [0.717, 1.165) is 31.3 Å². The molecule has 2 aliphatic rings. The summed E-state index contributed by atoms with van der Waals surface area (Å²) in [4.78, 5) is 4.38. The number of imidazole rings is 1. The number of aromatic nitrogens is 2. The topological polar surface area (TPSA) is 29.9 Å². The normalized spacial score (nSPS) is 27.1. The summed E-state index contributed by atoms with van der Waals surface area (Å²) in [5.74, 6) is 2.91. The maximum absolute atomic E-state index is 4.38. The van der Waals surface area contributed by atoms with Crippen molar-refractivity contribution in [3.05, 3.63) is 30.4 Å². The first-order valence-corrected chi connectivity index (χ1v) is 7.27. The van der Waals surface area contributed by atoms with Crippen molar-refractivity contribution in [1.29, 1.82) is 0 Å². The number of rotatable bonds is 4. The van der Waals surface area contributed by atoms with Gasteiger partial charge in [0.2, 0.25) is 0 Å². The molecule has 2 atom stereocenters. The Morgan fingerprint density at radius 3 is 3.06 bits per heavy atom. The van der Waals surface area contributed by atoms with Crippen molar-refractivity contribution in [3.63, 3.8) is 0 Å². The van der Waals surface area contributed by atoms with Crippen LogP contribution in [0, 0.1) is 11.8 Å². The van der Waals surface area contributed by atoms with Gasteiger partial charge in [-0.25, -0.2) is 4.98 Å². The maximum Gasteiger partial charge on any atom is 0.108 e. The molecule has 3 heteroatoms. The Kier molecular flexibility index (Phi) is 3.79.